The maximum absolute atomic E-state index is 13.4. The van der Waals surface area contributed by atoms with Crippen LogP contribution in [0.4, 0.5) is 4.39 Å². The molecule has 1 aromatic carbocycles. The van der Waals surface area contributed by atoms with Crippen LogP contribution in [0.25, 0.3) is 0 Å². The van der Waals surface area contributed by atoms with Crippen molar-refractivity contribution in [3.05, 3.63) is 41.6 Å². The van der Waals surface area contributed by atoms with Gasteiger partial charge >= 0.3 is 0 Å². The van der Waals surface area contributed by atoms with Gasteiger partial charge in [0, 0.05) is 17.8 Å². The van der Waals surface area contributed by atoms with Gasteiger partial charge in [0.15, 0.2) is 0 Å². The predicted octanol–water partition coefficient (Wildman–Crippen LogP) is 2.15. The van der Waals surface area contributed by atoms with Gasteiger partial charge in [0.05, 0.1) is 18.8 Å². The molecule has 0 unspecified atom stereocenters. The van der Waals surface area contributed by atoms with Gasteiger partial charge in [0.25, 0.3) is 0 Å². The van der Waals surface area contributed by atoms with Crippen LogP contribution in [0.3, 0.4) is 0 Å². The van der Waals surface area contributed by atoms with Crippen LogP contribution in [0.1, 0.15) is 44.2 Å². The third kappa shape index (κ3) is 3.52. The molecule has 1 aromatic rings. The number of phenols is 1. The van der Waals surface area contributed by atoms with E-state index in [2.05, 4.69) is 15.5 Å². The second kappa shape index (κ2) is 6.66. The highest BCUT2D eigenvalue weighted by Crippen LogP contribution is 2.29. The fraction of sp³-hybridized carbons (Fsp3) is 0.529. The molecule has 1 aliphatic carbocycles. The number of rotatable bonds is 4. The fourth-order valence-corrected chi connectivity index (χ4v) is 3.40. The Hall–Kier alpha value is -1.95. The molecule has 1 heterocycles. The average Bonchev–Trinajstić information content (AvgIpc) is 2.98. The Labute approximate surface area is 135 Å². The summed E-state index contributed by atoms with van der Waals surface area (Å²) in [4.78, 5) is 2.25. The maximum atomic E-state index is 13.4. The molecule has 0 bridgehead atoms. The van der Waals surface area contributed by atoms with Crippen LogP contribution in [0.15, 0.2) is 30.2 Å². The number of hydrogen-bond donors (Lipinski definition) is 4. The maximum Gasteiger partial charge on any atom is 0.123 e. The van der Waals surface area contributed by atoms with E-state index in [1.165, 1.54) is 18.2 Å². The minimum absolute atomic E-state index is 0.0882. The first-order chi connectivity index (χ1) is 11.0. The summed E-state index contributed by atoms with van der Waals surface area (Å²) in [5.41, 5.74) is 0.539. The quantitative estimate of drug-likeness (QED) is 0.684. The van der Waals surface area contributed by atoms with Crippen LogP contribution in [0.2, 0.25) is 0 Å². The number of nitrogens with zero attached hydrogens (tertiary/aromatic N) is 1. The Morgan fingerprint density at radius 1 is 1.30 bits per heavy atom. The summed E-state index contributed by atoms with van der Waals surface area (Å²) in [7, 11) is 0. The molecule has 2 aliphatic rings. The molecule has 1 atom stereocenters. The molecule has 3 rings (SSSR count). The molecule has 4 N–H and O–H groups in total. The first-order valence-electron chi connectivity index (χ1n) is 8.18. The first-order valence-corrected chi connectivity index (χ1v) is 8.18. The van der Waals surface area contributed by atoms with E-state index in [1.54, 1.807) is 0 Å². The lowest BCUT2D eigenvalue weighted by atomic mass is 9.92. The van der Waals surface area contributed by atoms with Crippen LogP contribution >= 0.6 is 0 Å². The van der Waals surface area contributed by atoms with Crippen LogP contribution in [0, 0.1) is 5.82 Å². The van der Waals surface area contributed by atoms with E-state index in [-0.39, 0.29) is 23.7 Å². The number of benzene rings is 1. The Morgan fingerprint density at radius 3 is 2.78 bits per heavy atom. The van der Waals surface area contributed by atoms with Crippen LogP contribution in [0.5, 0.6) is 5.75 Å². The van der Waals surface area contributed by atoms with Crippen molar-refractivity contribution in [3.8, 4) is 5.75 Å². The minimum Gasteiger partial charge on any atom is -0.508 e. The molecule has 6 heteroatoms. The smallest absolute Gasteiger partial charge is 0.123 e. The standard InChI is InChI=1S/C17H24FN3O2/c1-11(15-8-12(18)2-7-16(15)23)20-17-9-19-10-21(17)13-3-5-14(22)6-4-13/h2,7-9,11,13-14,19-20,22-23H,3-6,10H2,1H3/t11-,13?,14?/m1/s1. The van der Waals surface area contributed by atoms with E-state index in [1.807, 2.05) is 13.1 Å². The van der Waals surface area contributed by atoms with Gasteiger partial charge < -0.3 is 25.7 Å². The summed E-state index contributed by atoms with van der Waals surface area (Å²) in [6, 6.07) is 4.16. The summed E-state index contributed by atoms with van der Waals surface area (Å²) >= 11 is 0. The van der Waals surface area contributed by atoms with Crippen LogP contribution in [-0.4, -0.2) is 33.9 Å². The number of aliphatic hydroxyl groups excluding tert-OH is 1. The number of halogens is 1. The molecule has 5 nitrogen and oxygen atoms in total. The Morgan fingerprint density at radius 2 is 2.04 bits per heavy atom. The largest absolute Gasteiger partial charge is 0.508 e. The van der Waals surface area contributed by atoms with Crippen LogP contribution < -0.4 is 10.6 Å². The number of aromatic hydroxyl groups is 1. The van der Waals surface area contributed by atoms with Gasteiger partial charge in [-0.2, -0.15) is 0 Å². The molecular formula is C17H24FN3O2. The van der Waals surface area contributed by atoms with E-state index >= 15 is 0 Å². The Balaban J connectivity index is 1.67. The van der Waals surface area contributed by atoms with E-state index in [0.29, 0.717) is 11.6 Å². The van der Waals surface area contributed by atoms with Gasteiger partial charge in [-0.15, -0.1) is 0 Å². The molecule has 1 aliphatic heterocycles. The van der Waals surface area contributed by atoms with Crippen molar-refractivity contribution < 1.29 is 14.6 Å². The summed E-state index contributed by atoms with van der Waals surface area (Å²) in [5, 5.41) is 26.2. The fourth-order valence-electron chi connectivity index (χ4n) is 3.40. The van der Waals surface area contributed by atoms with Crippen molar-refractivity contribution in [2.24, 2.45) is 0 Å². The molecule has 1 fully saturated rings. The van der Waals surface area contributed by atoms with Crippen molar-refractivity contribution in [1.82, 2.24) is 15.5 Å². The Kier molecular flexibility index (Phi) is 4.61. The zero-order valence-corrected chi connectivity index (χ0v) is 13.3. The molecule has 23 heavy (non-hydrogen) atoms. The SMILES string of the molecule is C[C@@H](NC1=CNCN1C1CCC(O)CC1)c1cc(F)ccc1O. The minimum atomic E-state index is -0.358. The van der Waals surface area contributed by atoms with Gasteiger partial charge in [0.2, 0.25) is 0 Å². The third-order valence-corrected chi connectivity index (χ3v) is 4.74. The molecule has 126 valence electrons. The van der Waals surface area contributed by atoms with Crippen molar-refractivity contribution >= 4 is 0 Å². The van der Waals surface area contributed by atoms with Gasteiger partial charge in [-0.1, -0.05) is 0 Å². The number of nitrogens with one attached hydrogen (secondary N) is 2. The van der Waals surface area contributed by atoms with E-state index in [9.17, 15) is 14.6 Å². The van der Waals surface area contributed by atoms with Crippen molar-refractivity contribution in [2.45, 2.75) is 50.8 Å². The summed E-state index contributed by atoms with van der Waals surface area (Å²) < 4.78 is 13.4. The second-order valence-electron chi connectivity index (χ2n) is 6.39. The lowest BCUT2D eigenvalue weighted by Crippen LogP contribution is -2.42. The third-order valence-electron chi connectivity index (χ3n) is 4.74. The second-order valence-corrected chi connectivity index (χ2v) is 6.39. The highest BCUT2D eigenvalue weighted by molar-refractivity contribution is 5.35. The van der Waals surface area contributed by atoms with Crippen molar-refractivity contribution in [3.63, 3.8) is 0 Å². The van der Waals surface area contributed by atoms with Crippen molar-refractivity contribution in [1.29, 1.82) is 0 Å². The lowest BCUT2D eigenvalue weighted by Gasteiger charge is -2.36. The molecule has 0 amide bonds. The van der Waals surface area contributed by atoms with Crippen LogP contribution in [-0.2, 0) is 0 Å². The highest BCUT2D eigenvalue weighted by Gasteiger charge is 2.29. The Bertz CT molecular complexity index is 585. The predicted molar refractivity (Wildman–Crippen MR) is 85.8 cm³/mol. The van der Waals surface area contributed by atoms with Gasteiger partial charge in [-0.25, -0.2) is 4.39 Å². The monoisotopic (exact) mass is 321 g/mol. The molecule has 0 aromatic heterocycles. The van der Waals surface area contributed by atoms with Gasteiger partial charge in [-0.05, 0) is 50.8 Å². The molecule has 1 saturated carbocycles. The number of hydrogen-bond acceptors (Lipinski definition) is 5. The normalized spacial score (nSPS) is 25.7. The van der Waals surface area contributed by atoms with Crippen molar-refractivity contribution in [2.75, 3.05) is 6.67 Å². The van der Waals surface area contributed by atoms with Gasteiger partial charge in [-0.3, -0.25) is 0 Å². The van der Waals surface area contributed by atoms with Gasteiger partial charge in [0.1, 0.15) is 17.4 Å². The zero-order chi connectivity index (χ0) is 16.4. The molecule has 0 radical (unpaired) electrons. The lowest BCUT2D eigenvalue weighted by molar-refractivity contribution is 0.0861. The molecule has 0 spiro atoms. The topological polar surface area (TPSA) is 67.8 Å². The molecular weight excluding hydrogens is 297 g/mol. The molecule has 0 saturated heterocycles. The van der Waals surface area contributed by atoms with E-state index in [4.69, 9.17) is 0 Å². The number of phenolic OH excluding ortho intramolecular Hbond substituents is 1. The van der Waals surface area contributed by atoms with E-state index < -0.39 is 0 Å². The summed E-state index contributed by atoms with van der Waals surface area (Å²) in [5.74, 6) is 0.677. The summed E-state index contributed by atoms with van der Waals surface area (Å²) in [6.07, 6.45) is 5.31. The first kappa shape index (κ1) is 15.9. The zero-order valence-electron chi connectivity index (χ0n) is 13.3. The average molecular weight is 321 g/mol. The van der Waals surface area contributed by atoms with E-state index in [0.717, 1.165) is 38.2 Å². The number of aliphatic hydroxyl groups is 1. The highest BCUT2D eigenvalue weighted by atomic mass is 19.1. The summed E-state index contributed by atoms with van der Waals surface area (Å²) in [6.45, 7) is 2.63.